The van der Waals surface area contributed by atoms with Gasteiger partial charge in [0, 0.05) is 20.6 Å². The fraction of sp³-hybridized carbons (Fsp3) is 0.850. The molecule has 2 saturated carbocycles. The lowest BCUT2D eigenvalue weighted by atomic mass is 9.53. The molecule has 0 bridgehead atoms. The first-order valence-corrected chi connectivity index (χ1v) is 9.52. The summed E-state index contributed by atoms with van der Waals surface area (Å²) in [5.74, 6) is 2.30. The number of hydrogen-bond donors (Lipinski definition) is 0. The minimum absolute atomic E-state index is 0.356. The average molecular weight is 318 g/mol. The standard InChI is InChI=1S/C20H30O3/c1-22-19(23-2)20-12-11-15-14-6-4-3-5-13(14)7-8-16(15)17(20)9-10-18(20)21/h15-17,19H,3-12H2,1-2H3/t15-,16-,17+,20-/m1/s1. The van der Waals surface area contributed by atoms with Gasteiger partial charge >= 0.3 is 0 Å². The van der Waals surface area contributed by atoms with E-state index in [4.69, 9.17) is 9.47 Å². The Bertz CT molecular complexity index is 519. The molecule has 4 aliphatic carbocycles. The molecule has 0 radical (unpaired) electrons. The van der Waals surface area contributed by atoms with Crippen LogP contribution >= 0.6 is 0 Å². The summed E-state index contributed by atoms with van der Waals surface area (Å²) < 4.78 is 11.3. The molecule has 128 valence electrons. The molecule has 0 aliphatic heterocycles. The van der Waals surface area contributed by atoms with Gasteiger partial charge < -0.3 is 9.47 Å². The highest BCUT2D eigenvalue weighted by Gasteiger charge is 2.61. The van der Waals surface area contributed by atoms with Crippen molar-refractivity contribution < 1.29 is 14.3 Å². The number of hydrogen-bond acceptors (Lipinski definition) is 3. The number of ketones is 1. The minimum Gasteiger partial charge on any atom is -0.355 e. The molecule has 0 aromatic rings. The smallest absolute Gasteiger partial charge is 0.169 e. The van der Waals surface area contributed by atoms with Crippen molar-refractivity contribution in [3.63, 3.8) is 0 Å². The van der Waals surface area contributed by atoms with Gasteiger partial charge in [-0.25, -0.2) is 0 Å². The summed E-state index contributed by atoms with van der Waals surface area (Å²) in [6.07, 6.45) is 11.5. The van der Waals surface area contributed by atoms with Crippen LogP contribution in [0.1, 0.15) is 64.2 Å². The molecule has 0 N–H and O–H groups in total. The van der Waals surface area contributed by atoms with Crippen LogP contribution in [-0.4, -0.2) is 26.3 Å². The Morgan fingerprint density at radius 2 is 1.78 bits per heavy atom. The number of carbonyl (C=O) groups excluding carboxylic acids is 1. The predicted molar refractivity (Wildman–Crippen MR) is 88.9 cm³/mol. The van der Waals surface area contributed by atoms with Gasteiger partial charge in [-0.3, -0.25) is 4.79 Å². The summed E-state index contributed by atoms with van der Waals surface area (Å²) in [7, 11) is 3.39. The zero-order valence-electron chi connectivity index (χ0n) is 14.6. The first-order valence-electron chi connectivity index (χ1n) is 9.52. The molecule has 0 heterocycles. The minimum atomic E-state index is -0.364. The third kappa shape index (κ3) is 2.19. The van der Waals surface area contributed by atoms with Crippen molar-refractivity contribution in [2.24, 2.45) is 23.2 Å². The van der Waals surface area contributed by atoms with E-state index in [-0.39, 0.29) is 11.7 Å². The average Bonchev–Trinajstić information content (AvgIpc) is 2.93. The highest BCUT2D eigenvalue weighted by molar-refractivity contribution is 5.88. The molecule has 2 fully saturated rings. The molecule has 0 spiro atoms. The van der Waals surface area contributed by atoms with E-state index in [1.54, 1.807) is 25.4 Å². The lowest BCUT2D eigenvalue weighted by Crippen LogP contribution is -2.53. The van der Waals surface area contributed by atoms with E-state index in [0.29, 0.717) is 17.6 Å². The molecule has 4 atom stereocenters. The Labute approximate surface area is 139 Å². The third-order valence-corrected chi connectivity index (χ3v) is 7.47. The molecule has 0 saturated heterocycles. The Kier molecular flexibility index (Phi) is 4.13. The van der Waals surface area contributed by atoms with Crippen molar-refractivity contribution in [1.29, 1.82) is 0 Å². The SMILES string of the molecule is COC(OC)[C@]12CC[C@@H]3C4=C(CCCC4)CC[C@H]3[C@@H]1CCC2=O. The maximum absolute atomic E-state index is 12.9. The van der Waals surface area contributed by atoms with Gasteiger partial charge in [0.2, 0.25) is 0 Å². The van der Waals surface area contributed by atoms with Gasteiger partial charge in [-0.15, -0.1) is 0 Å². The van der Waals surface area contributed by atoms with Crippen molar-refractivity contribution in [1.82, 2.24) is 0 Å². The highest BCUT2D eigenvalue weighted by Crippen LogP contribution is 2.61. The Balaban J connectivity index is 1.68. The van der Waals surface area contributed by atoms with Gasteiger partial charge in [-0.1, -0.05) is 11.1 Å². The van der Waals surface area contributed by atoms with E-state index in [1.165, 1.54) is 38.5 Å². The zero-order valence-corrected chi connectivity index (χ0v) is 14.6. The second kappa shape index (κ2) is 6.00. The van der Waals surface area contributed by atoms with Gasteiger partial charge in [0.1, 0.15) is 5.78 Å². The number of carbonyl (C=O) groups is 1. The fourth-order valence-electron chi connectivity index (χ4n) is 6.63. The van der Waals surface area contributed by atoms with Gasteiger partial charge in [0.25, 0.3) is 0 Å². The number of Topliss-reactive ketones (excluding diaryl/α,β-unsaturated/α-hetero) is 1. The number of allylic oxidation sites excluding steroid dienone is 2. The first kappa shape index (κ1) is 15.8. The van der Waals surface area contributed by atoms with E-state index in [1.807, 2.05) is 0 Å². The van der Waals surface area contributed by atoms with Crippen LogP contribution in [-0.2, 0) is 14.3 Å². The van der Waals surface area contributed by atoms with Crippen LogP contribution in [0.5, 0.6) is 0 Å². The monoisotopic (exact) mass is 318 g/mol. The van der Waals surface area contributed by atoms with Crippen LogP contribution in [0, 0.1) is 23.2 Å². The first-order chi connectivity index (χ1) is 11.2. The second-order valence-electron chi connectivity index (χ2n) is 8.10. The van der Waals surface area contributed by atoms with E-state index < -0.39 is 0 Å². The Morgan fingerprint density at radius 3 is 2.57 bits per heavy atom. The summed E-state index contributed by atoms with van der Waals surface area (Å²) in [4.78, 5) is 12.9. The zero-order chi connectivity index (χ0) is 16.0. The quantitative estimate of drug-likeness (QED) is 0.576. The predicted octanol–water partition coefficient (Wildman–Crippen LogP) is 4.26. The molecule has 0 aromatic carbocycles. The molecule has 23 heavy (non-hydrogen) atoms. The Hall–Kier alpha value is -0.670. The van der Waals surface area contributed by atoms with Crippen LogP contribution in [0.4, 0.5) is 0 Å². The molecule has 3 nitrogen and oxygen atoms in total. The van der Waals surface area contributed by atoms with E-state index >= 15 is 0 Å². The van der Waals surface area contributed by atoms with Crippen LogP contribution in [0.2, 0.25) is 0 Å². The molecule has 3 heteroatoms. The lowest BCUT2D eigenvalue weighted by molar-refractivity contribution is -0.208. The maximum atomic E-state index is 12.9. The van der Waals surface area contributed by atoms with E-state index in [9.17, 15) is 4.79 Å². The topological polar surface area (TPSA) is 35.5 Å². The molecule has 0 aromatic heterocycles. The van der Waals surface area contributed by atoms with Crippen molar-refractivity contribution in [2.75, 3.05) is 14.2 Å². The van der Waals surface area contributed by atoms with Gasteiger partial charge in [-0.05, 0) is 75.5 Å². The highest BCUT2D eigenvalue weighted by atomic mass is 16.7. The normalized spacial score (nSPS) is 40.1. The van der Waals surface area contributed by atoms with Gasteiger partial charge in [-0.2, -0.15) is 0 Å². The van der Waals surface area contributed by atoms with Crippen LogP contribution < -0.4 is 0 Å². The summed E-state index contributed by atoms with van der Waals surface area (Å²) >= 11 is 0. The number of methoxy groups -OCH3 is 2. The summed E-state index contributed by atoms with van der Waals surface area (Å²) in [6, 6.07) is 0. The van der Waals surface area contributed by atoms with Crippen LogP contribution in [0.25, 0.3) is 0 Å². The molecular weight excluding hydrogens is 288 g/mol. The molecule has 4 rings (SSSR count). The molecule has 4 aliphatic rings. The molecule has 0 amide bonds. The number of rotatable bonds is 3. The van der Waals surface area contributed by atoms with Gasteiger partial charge in [0.15, 0.2) is 6.29 Å². The third-order valence-electron chi connectivity index (χ3n) is 7.47. The molecule has 0 unspecified atom stereocenters. The number of fused-ring (bicyclic) bond motifs is 4. The molecular formula is C20H30O3. The van der Waals surface area contributed by atoms with Gasteiger partial charge in [0.05, 0.1) is 5.41 Å². The van der Waals surface area contributed by atoms with Crippen molar-refractivity contribution in [3.05, 3.63) is 11.1 Å². The van der Waals surface area contributed by atoms with E-state index in [0.717, 1.165) is 31.6 Å². The Morgan fingerprint density at radius 1 is 1.00 bits per heavy atom. The maximum Gasteiger partial charge on any atom is 0.169 e. The van der Waals surface area contributed by atoms with Crippen molar-refractivity contribution >= 4 is 5.78 Å². The van der Waals surface area contributed by atoms with Crippen molar-refractivity contribution in [2.45, 2.75) is 70.5 Å². The summed E-state index contributed by atoms with van der Waals surface area (Å²) in [6.45, 7) is 0. The van der Waals surface area contributed by atoms with E-state index in [2.05, 4.69) is 0 Å². The summed E-state index contributed by atoms with van der Waals surface area (Å²) in [5.41, 5.74) is 3.22. The lowest BCUT2D eigenvalue weighted by Gasteiger charge is -2.52. The van der Waals surface area contributed by atoms with Crippen LogP contribution in [0.15, 0.2) is 11.1 Å². The fourth-order valence-corrected chi connectivity index (χ4v) is 6.63. The second-order valence-corrected chi connectivity index (χ2v) is 8.10. The number of ether oxygens (including phenoxy) is 2. The summed E-state index contributed by atoms with van der Waals surface area (Å²) in [5, 5.41) is 0. The largest absolute Gasteiger partial charge is 0.355 e. The van der Waals surface area contributed by atoms with Crippen LogP contribution in [0.3, 0.4) is 0 Å². The van der Waals surface area contributed by atoms with Crippen molar-refractivity contribution in [3.8, 4) is 0 Å².